The summed E-state index contributed by atoms with van der Waals surface area (Å²) < 4.78 is 11.8. The lowest BCUT2D eigenvalue weighted by molar-refractivity contribution is -0.146. The largest absolute Gasteiger partial charge is 0.465 e. The highest BCUT2D eigenvalue weighted by Gasteiger charge is 2.23. The molecule has 73 heavy (non-hydrogen) atoms. The molecule has 0 aliphatic heterocycles. The smallest absolute Gasteiger partial charge is 0.305 e. The third kappa shape index (κ3) is 49.7. The molecule has 2 atom stereocenters. The van der Waals surface area contributed by atoms with Crippen LogP contribution in [0.4, 0.5) is 0 Å². The Morgan fingerprint density at radius 3 is 0.973 bits per heavy atom. The molecule has 0 fully saturated rings. The van der Waals surface area contributed by atoms with E-state index in [0.717, 1.165) is 90.1 Å². The van der Waals surface area contributed by atoms with Crippen molar-refractivity contribution < 1.29 is 23.9 Å². The van der Waals surface area contributed by atoms with Gasteiger partial charge < -0.3 is 19.7 Å². The summed E-state index contributed by atoms with van der Waals surface area (Å²) in [5.41, 5.74) is 0. The van der Waals surface area contributed by atoms with Crippen LogP contribution in [0.1, 0.15) is 356 Å². The molecule has 0 aliphatic carbocycles. The van der Waals surface area contributed by atoms with Crippen molar-refractivity contribution in [2.75, 3.05) is 33.4 Å². The van der Waals surface area contributed by atoms with E-state index in [9.17, 15) is 14.4 Å². The first-order chi connectivity index (χ1) is 35.9. The van der Waals surface area contributed by atoms with Crippen LogP contribution >= 0.6 is 0 Å². The maximum atomic E-state index is 13.9. The van der Waals surface area contributed by atoms with Crippen molar-refractivity contribution in [1.82, 2.24) is 10.2 Å². The molecule has 0 aromatic rings. The molecule has 2 unspecified atom stereocenters. The quantitative estimate of drug-likeness (QED) is 0.0483. The first-order valence-corrected chi connectivity index (χ1v) is 33.1. The Balaban J connectivity index is 5.05. The van der Waals surface area contributed by atoms with Crippen LogP contribution in [0.25, 0.3) is 0 Å². The fourth-order valence-electron chi connectivity index (χ4n) is 11.0. The molecule has 0 radical (unpaired) electrons. The number of nitrogens with zero attached hydrogens (tertiary/aromatic N) is 1. The van der Waals surface area contributed by atoms with Crippen molar-refractivity contribution in [3.8, 4) is 0 Å². The third-order valence-corrected chi connectivity index (χ3v) is 16.0. The number of rotatable bonds is 60. The van der Waals surface area contributed by atoms with Gasteiger partial charge >= 0.3 is 11.9 Å². The van der Waals surface area contributed by atoms with Gasteiger partial charge in [0.2, 0.25) is 5.91 Å². The summed E-state index contributed by atoms with van der Waals surface area (Å²) in [7, 11) is 1.98. The van der Waals surface area contributed by atoms with Gasteiger partial charge in [0.1, 0.15) is 0 Å². The summed E-state index contributed by atoms with van der Waals surface area (Å²) in [5.74, 6) is 1.42. The van der Waals surface area contributed by atoms with Crippen molar-refractivity contribution in [3.05, 3.63) is 0 Å². The lowest BCUT2D eigenvalue weighted by Gasteiger charge is -2.33. The highest BCUT2D eigenvalue weighted by Crippen LogP contribution is 2.24. The fraction of sp³-hybridized carbons (Fsp3) is 0.955. The summed E-state index contributed by atoms with van der Waals surface area (Å²) >= 11 is 0. The van der Waals surface area contributed by atoms with Crippen molar-refractivity contribution in [1.29, 1.82) is 0 Å². The number of ether oxygens (including phenoxy) is 2. The average Bonchev–Trinajstić information content (AvgIpc) is 3.39. The highest BCUT2D eigenvalue weighted by atomic mass is 16.5. The van der Waals surface area contributed by atoms with Crippen molar-refractivity contribution >= 4 is 17.8 Å². The summed E-state index contributed by atoms with van der Waals surface area (Å²) in [4.78, 5) is 41.9. The second-order valence-corrected chi connectivity index (χ2v) is 23.2. The van der Waals surface area contributed by atoms with Crippen LogP contribution in [-0.2, 0) is 23.9 Å². The number of unbranched alkanes of at least 4 members (excludes halogenated alkanes) is 33. The van der Waals surface area contributed by atoms with Gasteiger partial charge in [-0.05, 0) is 89.6 Å². The Morgan fingerprint density at radius 1 is 0.342 bits per heavy atom. The zero-order valence-corrected chi connectivity index (χ0v) is 50.4. The number of hydrogen-bond acceptors (Lipinski definition) is 6. The number of esters is 2. The van der Waals surface area contributed by atoms with Crippen LogP contribution in [-0.4, -0.2) is 62.1 Å². The minimum atomic E-state index is 0.00553. The molecule has 0 saturated heterocycles. The molecule has 0 heterocycles. The number of carbonyl (C=O) groups is 3. The molecule has 0 saturated carbocycles. The van der Waals surface area contributed by atoms with E-state index in [2.05, 4.69) is 44.8 Å². The summed E-state index contributed by atoms with van der Waals surface area (Å²) in [6.07, 6.45) is 59.5. The van der Waals surface area contributed by atoms with Gasteiger partial charge in [-0.15, -0.1) is 0 Å². The summed E-state index contributed by atoms with van der Waals surface area (Å²) in [5, 5.41) is 3.25. The number of nitrogens with one attached hydrogen (secondary N) is 1. The van der Waals surface area contributed by atoms with E-state index in [1.807, 2.05) is 7.05 Å². The molecular formula is C66H130N2O5. The Labute approximate surface area is 456 Å². The van der Waals surface area contributed by atoms with Gasteiger partial charge in [0.25, 0.3) is 0 Å². The molecule has 1 N–H and O–H groups in total. The normalized spacial score (nSPS) is 12.8. The Morgan fingerprint density at radius 2 is 0.630 bits per heavy atom. The molecule has 0 rings (SSSR count). The second kappa shape index (κ2) is 58.1. The van der Waals surface area contributed by atoms with Gasteiger partial charge in [0.05, 0.1) is 13.2 Å². The molecule has 0 aliphatic rings. The molecular weight excluding hydrogens is 901 g/mol. The van der Waals surface area contributed by atoms with Crippen LogP contribution in [0.3, 0.4) is 0 Å². The molecule has 7 heteroatoms. The van der Waals surface area contributed by atoms with Crippen molar-refractivity contribution in [2.24, 2.45) is 11.8 Å². The maximum absolute atomic E-state index is 13.9. The summed E-state index contributed by atoms with van der Waals surface area (Å²) in [6.45, 7) is 14.4. The molecule has 1 amide bonds. The Bertz CT molecular complexity index is 1080. The van der Waals surface area contributed by atoms with Crippen LogP contribution in [0.2, 0.25) is 0 Å². The predicted molar refractivity (Wildman–Crippen MR) is 318 cm³/mol. The lowest BCUT2D eigenvalue weighted by atomic mass is 9.95. The van der Waals surface area contributed by atoms with E-state index in [1.54, 1.807) is 0 Å². The van der Waals surface area contributed by atoms with E-state index in [4.69, 9.17) is 9.47 Å². The van der Waals surface area contributed by atoms with Gasteiger partial charge in [-0.3, -0.25) is 14.4 Å². The predicted octanol–water partition coefficient (Wildman–Crippen LogP) is 20.3. The highest BCUT2D eigenvalue weighted by molar-refractivity contribution is 5.76. The van der Waals surface area contributed by atoms with Crippen LogP contribution < -0.4 is 5.32 Å². The average molecular weight is 1030 g/mol. The maximum Gasteiger partial charge on any atom is 0.305 e. The summed E-state index contributed by atoms with van der Waals surface area (Å²) in [6, 6.07) is 0.323. The monoisotopic (exact) mass is 1030 g/mol. The van der Waals surface area contributed by atoms with E-state index >= 15 is 0 Å². The molecule has 0 aromatic carbocycles. The topological polar surface area (TPSA) is 84.9 Å². The van der Waals surface area contributed by atoms with Gasteiger partial charge in [-0.25, -0.2) is 0 Å². The molecule has 0 aromatic heterocycles. The fourth-order valence-corrected chi connectivity index (χ4v) is 11.0. The lowest BCUT2D eigenvalue weighted by Crippen LogP contribution is -2.41. The molecule has 0 spiro atoms. The third-order valence-electron chi connectivity index (χ3n) is 16.0. The first-order valence-electron chi connectivity index (χ1n) is 33.1. The van der Waals surface area contributed by atoms with E-state index < -0.39 is 0 Å². The Kier molecular flexibility index (Phi) is 56.8. The van der Waals surface area contributed by atoms with Crippen LogP contribution in [0.15, 0.2) is 0 Å². The standard InChI is InChI=1S/C66H130N2O5/c1-7-12-17-22-25-30-37-46-58-68(64(69)54-47-57-67-6)63(52-42-33-26-28-35-44-55-65(70)72-59-61(48-38-20-15-10-4)50-40-31-23-18-13-8-2)53-43-34-27-29-36-45-56-66(71)73-60-62(49-39-21-16-11-5)51-41-32-24-19-14-9-3/h61-63,67H,7-60H2,1-6H3. The number of hydrogen-bond donors (Lipinski definition) is 1. The number of carbonyl (C=O) groups excluding carboxylic acids is 3. The number of amides is 1. The van der Waals surface area contributed by atoms with Crippen LogP contribution in [0, 0.1) is 11.8 Å². The van der Waals surface area contributed by atoms with Gasteiger partial charge in [-0.2, -0.15) is 0 Å². The van der Waals surface area contributed by atoms with Gasteiger partial charge in [-0.1, -0.05) is 272 Å². The SMILES string of the molecule is CCCCCCCCCCN(C(=O)CCCNC)C(CCCCCCCCC(=O)OCC(CCCCCC)CCCCCCCC)CCCCCCCCC(=O)OCC(CCCCCC)CCCCCCCC. The Hall–Kier alpha value is -1.63. The van der Waals surface area contributed by atoms with Crippen molar-refractivity contribution in [3.63, 3.8) is 0 Å². The van der Waals surface area contributed by atoms with E-state index in [0.29, 0.717) is 56.3 Å². The molecule has 0 bridgehead atoms. The first kappa shape index (κ1) is 71.4. The minimum Gasteiger partial charge on any atom is -0.465 e. The van der Waals surface area contributed by atoms with Gasteiger partial charge in [0, 0.05) is 31.8 Å². The molecule has 7 nitrogen and oxygen atoms in total. The zero-order chi connectivity index (χ0) is 53.3. The minimum absolute atomic E-state index is 0.00553. The van der Waals surface area contributed by atoms with Gasteiger partial charge in [0.15, 0.2) is 0 Å². The van der Waals surface area contributed by atoms with E-state index in [1.165, 1.54) is 225 Å². The molecule has 434 valence electrons. The van der Waals surface area contributed by atoms with Crippen LogP contribution in [0.5, 0.6) is 0 Å². The van der Waals surface area contributed by atoms with E-state index in [-0.39, 0.29) is 11.9 Å². The van der Waals surface area contributed by atoms with Crippen molar-refractivity contribution in [2.45, 2.75) is 362 Å². The zero-order valence-electron chi connectivity index (χ0n) is 50.4. The second-order valence-electron chi connectivity index (χ2n) is 23.2.